The van der Waals surface area contributed by atoms with Gasteiger partial charge in [0, 0.05) is 11.9 Å². The molecule has 0 saturated heterocycles. The van der Waals surface area contributed by atoms with E-state index in [9.17, 15) is 16.8 Å². The maximum Gasteiger partial charge on any atom is 0.190 e. The third-order valence-corrected chi connectivity index (χ3v) is 8.01. The van der Waals surface area contributed by atoms with Gasteiger partial charge >= 0.3 is 0 Å². The molecule has 0 aliphatic rings. The summed E-state index contributed by atoms with van der Waals surface area (Å²) in [4.78, 5) is 0. The summed E-state index contributed by atoms with van der Waals surface area (Å²) >= 11 is 0. The predicted molar refractivity (Wildman–Crippen MR) is 95.7 cm³/mol. The first-order chi connectivity index (χ1) is 10.8. The van der Waals surface area contributed by atoms with Crippen LogP contribution in [0.2, 0.25) is 0 Å². The second-order valence-electron chi connectivity index (χ2n) is 5.22. The Kier molecular flexibility index (Phi) is 7.28. The van der Waals surface area contributed by atoms with Gasteiger partial charge in [-0.2, -0.15) is 0 Å². The first-order valence-corrected chi connectivity index (χ1v) is 11.1. The van der Waals surface area contributed by atoms with Crippen LogP contribution < -0.4 is 5.32 Å². The minimum absolute atomic E-state index is 0.254. The monoisotopic (exact) mass is 359 g/mol. The van der Waals surface area contributed by atoms with Crippen LogP contribution in [0.1, 0.15) is 39.2 Å². The number of benzene rings is 1. The van der Waals surface area contributed by atoms with E-state index in [0.29, 0.717) is 5.69 Å². The topological polar surface area (TPSA) is 80.3 Å². The molecule has 0 aliphatic heterocycles. The first-order valence-electron chi connectivity index (χ1n) is 7.78. The van der Waals surface area contributed by atoms with Gasteiger partial charge < -0.3 is 5.32 Å². The van der Waals surface area contributed by atoms with Crippen molar-refractivity contribution in [1.82, 2.24) is 0 Å². The van der Waals surface area contributed by atoms with E-state index in [0.717, 1.165) is 25.5 Å². The molecule has 0 bridgehead atoms. The van der Waals surface area contributed by atoms with Gasteiger partial charge in [0.1, 0.15) is 0 Å². The molecule has 1 aromatic carbocycles. The highest BCUT2D eigenvalue weighted by Crippen LogP contribution is 2.18. The molecule has 23 heavy (non-hydrogen) atoms. The smallest absolute Gasteiger partial charge is 0.190 e. The van der Waals surface area contributed by atoms with Crippen molar-refractivity contribution in [3.63, 3.8) is 0 Å². The molecule has 0 amide bonds. The van der Waals surface area contributed by atoms with Crippen LogP contribution in [0, 0.1) is 0 Å². The zero-order valence-electron chi connectivity index (χ0n) is 13.9. The normalized spacial score (nSPS) is 12.0. The summed E-state index contributed by atoms with van der Waals surface area (Å²) in [7, 11) is -7.62. The van der Waals surface area contributed by atoms with Crippen LogP contribution in [0.4, 0.5) is 5.69 Å². The summed E-state index contributed by atoms with van der Waals surface area (Å²) in [5, 5.41) is 2.79. The quantitative estimate of drug-likeness (QED) is 0.733. The fraction of sp³-hybridized carbons (Fsp3) is 0.500. The van der Waals surface area contributed by atoms with Gasteiger partial charge in [-0.25, -0.2) is 16.8 Å². The SMILES string of the molecule is CCCCc1ccc(NC=C(S(=O)(=O)CC)S(=O)(=O)CC)cc1. The fourth-order valence-electron chi connectivity index (χ4n) is 1.95. The molecular weight excluding hydrogens is 334 g/mol. The Hall–Kier alpha value is -1.34. The summed E-state index contributed by atoms with van der Waals surface area (Å²) in [5.74, 6) is -0.509. The summed E-state index contributed by atoms with van der Waals surface area (Å²) < 4.78 is 47.5. The molecule has 1 rings (SSSR count). The molecule has 1 aromatic rings. The number of aryl methyl sites for hydroxylation is 1. The second-order valence-corrected chi connectivity index (χ2v) is 9.97. The fourth-order valence-corrected chi connectivity index (χ4v) is 5.25. The van der Waals surface area contributed by atoms with Crippen LogP contribution in [0.3, 0.4) is 0 Å². The van der Waals surface area contributed by atoms with Crippen molar-refractivity contribution in [3.8, 4) is 0 Å². The maximum atomic E-state index is 12.0. The zero-order chi connectivity index (χ0) is 17.5. The molecule has 0 spiro atoms. The van der Waals surface area contributed by atoms with Crippen LogP contribution in [-0.2, 0) is 26.1 Å². The van der Waals surface area contributed by atoms with Crippen molar-refractivity contribution in [2.24, 2.45) is 0 Å². The van der Waals surface area contributed by atoms with Crippen molar-refractivity contribution in [1.29, 1.82) is 0 Å². The number of nitrogens with one attached hydrogen (secondary N) is 1. The standard InChI is InChI=1S/C16H25NO4S2/c1-4-7-8-14-9-11-15(12-10-14)17-13-16(22(18,19)5-2)23(20,21)6-3/h9-13,17H,4-8H2,1-3H3. The molecule has 0 heterocycles. The Morgan fingerprint density at radius 2 is 1.48 bits per heavy atom. The summed E-state index contributed by atoms with van der Waals surface area (Å²) in [5.41, 5.74) is 1.85. The molecule has 0 aliphatic carbocycles. The van der Waals surface area contributed by atoms with Crippen LogP contribution in [0.25, 0.3) is 0 Å². The van der Waals surface area contributed by atoms with E-state index < -0.39 is 23.9 Å². The number of hydrogen-bond donors (Lipinski definition) is 1. The maximum absolute atomic E-state index is 12.0. The van der Waals surface area contributed by atoms with E-state index in [2.05, 4.69) is 12.2 Å². The molecular formula is C16H25NO4S2. The molecule has 0 saturated carbocycles. The summed E-state index contributed by atoms with van der Waals surface area (Å²) in [6.07, 6.45) is 4.31. The summed E-state index contributed by atoms with van der Waals surface area (Å²) in [6.45, 7) is 4.98. The van der Waals surface area contributed by atoms with Crippen molar-refractivity contribution in [3.05, 3.63) is 40.3 Å². The second kappa shape index (κ2) is 8.49. The number of sulfone groups is 2. The van der Waals surface area contributed by atoms with E-state index >= 15 is 0 Å². The molecule has 1 N–H and O–H groups in total. The Morgan fingerprint density at radius 3 is 1.91 bits per heavy atom. The Balaban J connectivity index is 3.02. The lowest BCUT2D eigenvalue weighted by molar-refractivity contribution is 0.596. The molecule has 0 unspecified atom stereocenters. The van der Waals surface area contributed by atoms with Gasteiger partial charge in [-0.05, 0) is 30.5 Å². The largest absolute Gasteiger partial charge is 0.360 e. The first kappa shape index (κ1) is 19.7. The zero-order valence-corrected chi connectivity index (χ0v) is 15.5. The Labute approximate surface area is 139 Å². The van der Waals surface area contributed by atoms with Gasteiger partial charge in [-0.3, -0.25) is 0 Å². The molecule has 0 atom stereocenters. The minimum Gasteiger partial charge on any atom is -0.360 e. The summed E-state index contributed by atoms with van der Waals surface area (Å²) in [6, 6.07) is 7.54. The lowest BCUT2D eigenvalue weighted by Gasteiger charge is -2.09. The highest BCUT2D eigenvalue weighted by Gasteiger charge is 2.27. The molecule has 7 heteroatoms. The van der Waals surface area contributed by atoms with E-state index in [1.54, 1.807) is 0 Å². The minimum atomic E-state index is -3.81. The van der Waals surface area contributed by atoms with Crippen LogP contribution in [-0.4, -0.2) is 28.3 Å². The Morgan fingerprint density at radius 1 is 0.957 bits per heavy atom. The average molecular weight is 360 g/mol. The highest BCUT2D eigenvalue weighted by molar-refractivity contribution is 8.14. The van der Waals surface area contributed by atoms with Crippen LogP contribution in [0.5, 0.6) is 0 Å². The van der Waals surface area contributed by atoms with E-state index in [1.165, 1.54) is 19.4 Å². The average Bonchev–Trinajstić information content (AvgIpc) is 2.53. The molecule has 130 valence electrons. The number of rotatable bonds is 9. The van der Waals surface area contributed by atoms with E-state index in [1.807, 2.05) is 24.3 Å². The van der Waals surface area contributed by atoms with Gasteiger partial charge in [0.05, 0.1) is 11.5 Å². The van der Waals surface area contributed by atoms with Crippen molar-refractivity contribution < 1.29 is 16.8 Å². The van der Waals surface area contributed by atoms with Gasteiger partial charge in [-0.15, -0.1) is 0 Å². The number of unbranched alkanes of at least 4 members (excludes halogenated alkanes) is 1. The van der Waals surface area contributed by atoms with Crippen LogP contribution >= 0.6 is 0 Å². The van der Waals surface area contributed by atoms with Gasteiger partial charge in [-0.1, -0.05) is 39.3 Å². The van der Waals surface area contributed by atoms with Gasteiger partial charge in [0.2, 0.25) is 0 Å². The number of hydrogen-bond acceptors (Lipinski definition) is 5. The van der Waals surface area contributed by atoms with E-state index in [4.69, 9.17) is 0 Å². The lowest BCUT2D eigenvalue weighted by atomic mass is 10.1. The lowest BCUT2D eigenvalue weighted by Crippen LogP contribution is -2.18. The third-order valence-electron chi connectivity index (χ3n) is 3.50. The molecule has 0 fully saturated rings. The third kappa shape index (κ3) is 5.66. The Bertz CT molecular complexity index is 697. The molecule has 0 aromatic heterocycles. The van der Waals surface area contributed by atoms with E-state index in [-0.39, 0.29) is 11.5 Å². The van der Waals surface area contributed by atoms with Crippen LogP contribution in [0.15, 0.2) is 34.7 Å². The highest BCUT2D eigenvalue weighted by atomic mass is 32.3. The molecule has 0 radical (unpaired) electrons. The van der Waals surface area contributed by atoms with Crippen molar-refractivity contribution >= 4 is 25.4 Å². The van der Waals surface area contributed by atoms with Crippen molar-refractivity contribution in [2.45, 2.75) is 40.0 Å². The van der Waals surface area contributed by atoms with Gasteiger partial charge in [0.25, 0.3) is 0 Å². The van der Waals surface area contributed by atoms with Crippen molar-refractivity contribution in [2.75, 3.05) is 16.8 Å². The number of anilines is 1. The van der Waals surface area contributed by atoms with Gasteiger partial charge in [0.15, 0.2) is 23.9 Å². The predicted octanol–water partition coefficient (Wildman–Crippen LogP) is 3.11. The molecule has 5 nitrogen and oxygen atoms in total.